The zero-order valence-electron chi connectivity index (χ0n) is 10.4. The van der Waals surface area contributed by atoms with E-state index in [0.717, 1.165) is 26.4 Å². The Kier molecular flexibility index (Phi) is 6.26. The van der Waals surface area contributed by atoms with Crippen LogP contribution in [0.15, 0.2) is 0 Å². The van der Waals surface area contributed by atoms with Crippen molar-refractivity contribution in [2.45, 2.75) is 52.4 Å². The van der Waals surface area contributed by atoms with Crippen LogP contribution in [0.3, 0.4) is 0 Å². The molecule has 90 valence electrons. The highest BCUT2D eigenvalue weighted by molar-refractivity contribution is 4.92. The monoisotopic (exact) mass is 214 g/mol. The lowest BCUT2D eigenvalue weighted by Crippen LogP contribution is -2.18. The van der Waals surface area contributed by atoms with Crippen molar-refractivity contribution in [1.82, 2.24) is 0 Å². The molecule has 1 saturated carbocycles. The Balaban J connectivity index is 1.96. The number of unbranched alkanes of at least 4 members (excludes halogenated alkanes) is 2. The number of rotatable bonds is 10. The summed E-state index contributed by atoms with van der Waals surface area (Å²) in [4.78, 5) is 0. The molecule has 0 amide bonds. The lowest BCUT2D eigenvalue weighted by molar-refractivity contribution is 0.0259. The van der Waals surface area contributed by atoms with Gasteiger partial charge in [0.25, 0.3) is 0 Å². The van der Waals surface area contributed by atoms with E-state index in [9.17, 15) is 0 Å². The molecular formula is C13H26O2. The fourth-order valence-corrected chi connectivity index (χ4v) is 1.58. The first-order valence-electron chi connectivity index (χ1n) is 6.48. The highest BCUT2D eigenvalue weighted by Crippen LogP contribution is 2.46. The summed E-state index contributed by atoms with van der Waals surface area (Å²) in [6.45, 7) is 8.08. The van der Waals surface area contributed by atoms with Crippen LogP contribution in [0.4, 0.5) is 0 Å². The van der Waals surface area contributed by atoms with Crippen LogP contribution >= 0.6 is 0 Å². The van der Waals surface area contributed by atoms with Crippen molar-refractivity contribution in [3.05, 3.63) is 0 Å². The minimum atomic E-state index is 0.404. The maximum Gasteiger partial charge on any atom is 0.0544 e. The molecule has 2 heteroatoms. The number of hydrogen-bond donors (Lipinski definition) is 0. The second kappa shape index (κ2) is 7.24. The van der Waals surface area contributed by atoms with Crippen LogP contribution in [0.5, 0.6) is 0 Å². The Hall–Kier alpha value is -0.0800. The molecule has 0 N–H and O–H groups in total. The normalized spacial score (nSPS) is 18.0. The molecule has 1 aliphatic carbocycles. The molecule has 0 aliphatic heterocycles. The molecule has 0 atom stereocenters. The first-order valence-corrected chi connectivity index (χ1v) is 6.48. The lowest BCUT2D eigenvalue weighted by atomic mass is 10.1. The average Bonchev–Trinajstić information content (AvgIpc) is 3.01. The molecule has 0 aromatic carbocycles. The predicted molar refractivity (Wildman–Crippen MR) is 63.1 cm³/mol. The van der Waals surface area contributed by atoms with E-state index in [-0.39, 0.29) is 0 Å². The van der Waals surface area contributed by atoms with Crippen molar-refractivity contribution in [3.63, 3.8) is 0 Å². The van der Waals surface area contributed by atoms with Gasteiger partial charge >= 0.3 is 0 Å². The van der Waals surface area contributed by atoms with Crippen molar-refractivity contribution < 1.29 is 9.47 Å². The Labute approximate surface area is 94.3 Å². The molecule has 0 heterocycles. The van der Waals surface area contributed by atoms with Gasteiger partial charge < -0.3 is 9.47 Å². The summed E-state index contributed by atoms with van der Waals surface area (Å²) in [5.74, 6) is 0. The quantitative estimate of drug-likeness (QED) is 0.519. The van der Waals surface area contributed by atoms with Crippen molar-refractivity contribution >= 4 is 0 Å². The Morgan fingerprint density at radius 3 is 1.67 bits per heavy atom. The van der Waals surface area contributed by atoms with Gasteiger partial charge in [0.1, 0.15) is 0 Å². The molecule has 0 aromatic rings. The summed E-state index contributed by atoms with van der Waals surface area (Å²) in [6.07, 6.45) is 7.41. The molecule has 0 radical (unpaired) electrons. The van der Waals surface area contributed by atoms with Crippen molar-refractivity contribution in [2.24, 2.45) is 5.41 Å². The maximum absolute atomic E-state index is 5.68. The molecular weight excluding hydrogens is 188 g/mol. The van der Waals surface area contributed by atoms with Gasteiger partial charge in [-0.25, -0.2) is 0 Å². The summed E-state index contributed by atoms with van der Waals surface area (Å²) in [5.41, 5.74) is 0.404. The van der Waals surface area contributed by atoms with Gasteiger partial charge in [-0.05, 0) is 25.7 Å². The summed E-state index contributed by atoms with van der Waals surface area (Å²) in [7, 11) is 0. The fourth-order valence-electron chi connectivity index (χ4n) is 1.58. The highest BCUT2D eigenvalue weighted by atomic mass is 16.5. The second-order valence-electron chi connectivity index (χ2n) is 4.81. The summed E-state index contributed by atoms with van der Waals surface area (Å²) >= 11 is 0. The zero-order chi connectivity index (χ0) is 11.0. The van der Waals surface area contributed by atoms with Gasteiger partial charge in [0.15, 0.2) is 0 Å². The van der Waals surface area contributed by atoms with E-state index in [4.69, 9.17) is 9.47 Å². The molecule has 0 bridgehead atoms. The van der Waals surface area contributed by atoms with Crippen molar-refractivity contribution in [2.75, 3.05) is 26.4 Å². The third-order valence-electron chi connectivity index (χ3n) is 3.06. The van der Waals surface area contributed by atoms with Crippen LogP contribution in [0.1, 0.15) is 52.4 Å². The first kappa shape index (κ1) is 13.0. The molecule has 1 rings (SSSR count). The van der Waals surface area contributed by atoms with E-state index in [0.29, 0.717) is 5.41 Å². The van der Waals surface area contributed by atoms with Crippen LogP contribution in [0.25, 0.3) is 0 Å². The van der Waals surface area contributed by atoms with E-state index in [2.05, 4.69) is 13.8 Å². The maximum atomic E-state index is 5.68. The molecule has 0 aromatic heterocycles. The summed E-state index contributed by atoms with van der Waals surface area (Å²) in [6, 6.07) is 0. The predicted octanol–water partition coefficient (Wildman–Crippen LogP) is 3.40. The van der Waals surface area contributed by atoms with E-state index < -0.39 is 0 Å². The minimum absolute atomic E-state index is 0.404. The fraction of sp³-hybridized carbons (Fsp3) is 1.00. The minimum Gasteiger partial charge on any atom is -0.381 e. The Bertz CT molecular complexity index is 139. The standard InChI is InChI=1S/C13H26O2/c1-3-5-9-14-11-13(7-8-13)12-15-10-6-4-2/h3-12H2,1-2H3. The van der Waals surface area contributed by atoms with E-state index >= 15 is 0 Å². The largest absolute Gasteiger partial charge is 0.381 e. The van der Waals surface area contributed by atoms with Gasteiger partial charge in [0.05, 0.1) is 13.2 Å². The third-order valence-corrected chi connectivity index (χ3v) is 3.06. The van der Waals surface area contributed by atoms with Crippen LogP contribution in [-0.4, -0.2) is 26.4 Å². The van der Waals surface area contributed by atoms with E-state index in [1.807, 2.05) is 0 Å². The summed E-state index contributed by atoms with van der Waals surface area (Å²) < 4.78 is 11.4. The van der Waals surface area contributed by atoms with Crippen molar-refractivity contribution in [1.29, 1.82) is 0 Å². The molecule has 0 spiro atoms. The summed E-state index contributed by atoms with van der Waals surface area (Å²) in [5, 5.41) is 0. The Morgan fingerprint density at radius 1 is 0.867 bits per heavy atom. The SMILES string of the molecule is CCCCOCC1(COCCCC)CC1. The molecule has 0 saturated heterocycles. The molecule has 15 heavy (non-hydrogen) atoms. The average molecular weight is 214 g/mol. The van der Waals surface area contributed by atoms with Crippen molar-refractivity contribution in [3.8, 4) is 0 Å². The molecule has 2 nitrogen and oxygen atoms in total. The smallest absolute Gasteiger partial charge is 0.0544 e. The topological polar surface area (TPSA) is 18.5 Å². The zero-order valence-corrected chi connectivity index (χ0v) is 10.4. The van der Waals surface area contributed by atoms with E-state index in [1.54, 1.807) is 0 Å². The van der Waals surface area contributed by atoms with Gasteiger partial charge in [-0.3, -0.25) is 0 Å². The van der Waals surface area contributed by atoms with Gasteiger partial charge in [-0.1, -0.05) is 26.7 Å². The molecule has 1 fully saturated rings. The van der Waals surface area contributed by atoms with Gasteiger partial charge in [-0.2, -0.15) is 0 Å². The van der Waals surface area contributed by atoms with Crippen LogP contribution in [0, 0.1) is 5.41 Å². The van der Waals surface area contributed by atoms with Gasteiger partial charge in [-0.15, -0.1) is 0 Å². The second-order valence-corrected chi connectivity index (χ2v) is 4.81. The number of ether oxygens (including phenoxy) is 2. The highest BCUT2D eigenvalue weighted by Gasteiger charge is 2.43. The van der Waals surface area contributed by atoms with Crippen LogP contribution in [0.2, 0.25) is 0 Å². The number of hydrogen-bond acceptors (Lipinski definition) is 2. The van der Waals surface area contributed by atoms with E-state index in [1.165, 1.54) is 38.5 Å². The van der Waals surface area contributed by atoms with Crippen LogP contribution in [-0.2, 0) is 9.47 Å². The van der Waals surface area contributed by atoms with Gasteiger partial charge in [0, 0.05) is 18.6 Å². The third kappa shape index (κ3) is 5.53. The molecule has 1 aliphatic rings. The Morgan fingerprint density at radius 2 is 1.33 bits per heavy atom. The van der Waals surface area contributed by atoms with Crippen LogP contribution < -0.4 is 0 Å². The lowest BCUT2D eigenvalue weighted by Gasteiger charge is -2.15. The first-order chi connectivity index (χ1) is 7.33. The van der Waals surface area contributed by atoms with Gasteiger partial charge in [0.2, 0.25) is 0 Å². The molecule has 0 unspecified atom stereocenters.